The van der Waals surface area contributed by atoms with Crippen molar-refractivity contribution in [3.8, 4) is 0 Å². The third-order valence-corrected chi connectivity index (χ3v) is 3.62. The number of alkyl carbamates (subject to hydrolysis) is 1. The SMILES string of the molecule is CC(C)(C)OC(=O)N[C@H]1C[C@]1(F)c1ccc(F)cc1Br. The van der Waals surface area contributed by atoms with Crippen molar-refractivity contribution < 1.29 is 18.3 Å². The van der Waals surface area contributed by atoms with Crippen LogP contribution in [0.1, 0.15) is 32.8 Å². The quantitative estimate of drug-likeness (QED) is 0.876. The van der Waals surface area contributed by atoms with E-state index in [1.165, 1.54) is 18.2 Å². The third kappa shape index (κ3) is 3.29. The summed E-state index contributed by atoms with van der Waals surface area (Å²) in [5.74, 6) is -0.443. The number of nitrogens with one attached hydrogen (secondary N) is 1. The van der Waals surface area contributed by atoms with Crippen molar-refractivity contribution >= 4 is 22.0 Å². The molecule has 0 aromatic heterocycles. The average molecular weight is 348 g/mol. The van der Waals surface area contributed by atoms with E-state index in [0.29, 0.717) is 10.0 Å². The fourth-order valence-electron chi connectivity index (χ4n) is 1.98. The summed E-state index contributed by atoms with van der Waals surface area (Å²) in [7, 11) is 0. The van der Waals surface area contributed by atoms with Gasteiger partial charge in [-0.15, -0.1) is 0 Å². The molecule has 0 unspecified atom stereocenters. The number of ether oxygens (including phenoxy) is 1. The summed E-state index contributed by atoms with van der Waals surface area (Å²) in [4.78, 5) is 11.6. The molecule has 0 saturated heterocycles. The molecule has 0 spiro atoms. The first-order valence-corrected chi connectivity index (χ1v) is 7.05. The van der Waals surface area contributed by atoms with Gasteiger partial charge in [-0.3, -0.25) is 0 Å². The fraction of sp³-hybridized carbons (Fsp3) is 0.500. The molecule has 1 N–H and O–H groups in total. The van der Waals surface area contributed by atoms with Gasteiger partial charge < -0.3 is 10.1 Å². The van der Waals surface area contributed by atoms with Gasteiger partial charge in [0.25, 0.3) is 0 Å². The minimum absolute atomic E-state index is 0.149. The summed E-state index contributed by atoms with van der Waals surface area (Å²) in [6, 6.07) is 3.14. The first-order chi connectivity index (χ1) is 9.12. The molecule has 1 amide bonds. The number of benzene rings is 1. The molecular formula is C14H16BrF2NO2. The highest BCUT2D eigenvalue weighted by molar-refractivity contribution is 9.10. The predicted molar refractivity (Wildman–Crippen MR) is 74.7 cm³/mol. The van der Waals surface area contributed by atoms with Gasteiger partial charge in [0.05, 0.1) is 6.04 Å². The minimum atomic E-state index is -1.68. The third-order valence-electron chi connectivity index (χ3n) is 2.96. The standard InChI is InChI=1S/C14H16BrF2NO2/c1-13(2,3)20-12(19)18-11-7-14(11,17)9-5-4-8(16)6-10(9)15/h4-6,11H,7H2,1-3H3,(H,18,19)/t11-,14-/m0/s1. The van der Waals surface area contributed by atoms with Crippen LogP contribution in [0.15, 0.2) is 22.7 Å². The minimum Gasteiger partial charge on any atom is -0.444 e. The highest BCUT2D eigenvalue weighted by Gasteiger charge is 2.59. The van der Waals surface area contributed by atoms with Gasteiger partial charge in [0.2, 0.25) is 0 Å². The van der Waals surface area contributed by atoms with E-state index >= 15 is 0 Å². The second kappa shape index (κ2) is 4.98. The number of hydrogen-bond donors (Lipinski definition) is 1. The molecule has 20 heavy (non-hydrogen) atoms. The Morgan fingerprint density at radius 2 is 2.15 bits per heavy atom. The molecule has 6 heteroatoms. The topological polar surface area (TPSA) is 38.3 Å². The fourth-order valence-corrected chi connectivity index (χ4v) is 2.66. The number of hydrogen-bond acceptors (Lipinski definition) is 2. The van der Waals surface area contributed by atoms with Crippen LogP contribution >= 0.6 is 15.9 Å². The van der Waals surface area contributed by atoms with Crippen LogP contribution in [0, 0.1) is 5.82 Å². The Morgan fingerprint density at radius 3 is 2.70 bits per heavy atom. The largest absolute Gasteiger partial charge is 0.444 e. The first kappa shape index (κ1) is 15.2. The Kier molecular flexibility index (Phi) is 3.79. The second-order valence-corrected chi connectivity index (χ2v) is 6.74. The number of carbonyl (C=O) groups is 1. The normalized spacial score (nSPS) is 25.2. The summed E-state index contributed by atoms with van der Waals surface area (Å²) in [5, 5.41) is 2.49. The van der Waals surface area contributed by atoms with Gasteiger partial charge in [-0.05, 0) is 32.9 Å². The lowest BCUT2D eigenvalue weighted by molar-refractivity contribution is 0.0510. The maximum atomic E-state index is 14.7. The van der Waals surface area contributed by atoms with Crippen molar-refractivity contribution in [2.45, 2.75) is 44.5 Å². The van der Waals surface area contributed by atoms with E-state index in [1.54, 1.807) is 20.8 Å². The number of rotatable bonds is 2. The second-order valence-electron chi connectivity index (χ2n) is 5.89. The smallest absolute Gasteiger partial charge is 0.407 e. The van der Waals surface area contributed by atoms with Gasteiger partial charge in [0, 0.05) is 16.5 Å². The lowest BCUT2D eigenvalue weighted by atomic mass is 10.1. The number of halogens is 3. The van der Waals surface area contributed by atoms with Crippen molar-refractivity contribution in [2.75, 3.05) is 0 Å². The maximum absolute atomic E-state index is 14.7. The van der Waals surface area contributed by atoms with Gasteiger partial charge in [0.1, 0.15) is 11.4 Å². The predicted octanol–water partition coefficient (Wildman–Crippen LogP) is 4.05. The highest BCUT2D eigenvalue weighted by Crippen LogP contribution is 2.52. The van der Waals surface area contributed by atoms with E-state index in [4.69, 9.17) is 4.74 Å². The van der Waals surface area contributed by atoms with E-state index in [0.717, 1.165) is 0 Å². The van der Waals surface area contributed by atoms with E-state index in [9.17, 15) is 13.6 Å². The maximum Gasteiger partial charge on any atom is 0.407 e. The molecular weight excluding hydrogens is 332 g/mol. The van der Waals surface area contributed by atoms with Crippen molar-refractivity contribution in [1.29, 1.82) is 0 Å². The molecule has 2 atom stereocenters. The zero-order valence-corrected chi connectivity index (χ0v) is 13.1. The molecule has 3 nitrogen and oxygen atoms in total. The average Bonchev–Trinajstić information content (AvgIpc) is 2.86. The molecule has 1 aliphatic carbocycles. The van der Waals surface area contributed by atoms with E-state index < -0.39 is 29.2 Å². The number of carbonyl (C=O) groups excluding carboxylic acids is 1. The van der Waals surface area contributed by atoms with Crippen molar-refractivity contribution in [3.05, 3.63) is 34.1 Å². The summed E-state index contributed by atoms with van der Waals surface area (Å²) in [6.07, 6.45) is -0.503. The van der Waals surface area contributed by atoms with Crippen LogP contribution in [-0.2, 0) is 10.4 Å². The molecule has 0 bridgehead atoms. The molecule has 1 aromatic carbocycles. The number of alkyl halides is 1. The van der Waals surface area contributed by atoms with Crippen molar-refractivity contribution in [1.82, 2.24) is 5.32 Å². The monoisotopic (exact) mass is 347 g/mol. The highest BCUT2D eigenvalue weighted by atomic mass is 79.9. The Hall–Kier alpha value is -1.17. The van der Waals surface area contributed by atoms with Crippen molar-refractivity contribution in [2.24, 2.45) is 0 Å². The van der Waals surface area contributed by atoms with E-state index in [-0.39, 0.29) is 6.42 Å². The summed E-state index contributed by atoms with van der Waals surface area (Å²) in [5.41, 5.74) is -1.97. The van der Waals surface area contributed by atoms with Crippen LogP contribution in [0.25, 0.3) is 0 Å². The Balaban J connectivity index is 2.04. The van der Waals surface area contributed by atoms with Crippen LogP contribution in [0.3, 0.4) is 0 Å². The zero-order chi connectivity index (χ0) is 15.1. The Morgan fingerprint density at radius 1 is 1.50 bits per heavy atom. The van der Waals surface area contributed by atoms with Crippen molar-refractivity contribution in [3.63, 3.8) is 0 Å². The Bertz CT molecular complexity index is 544. The molecule has 110 valence electrons. The zero-order valence-electron chi connectivity index (χ0n) is 11.5. The van der Waals surface area contributed by atoms with Gasteiger partial charge in [-0.1, -0.05) is 22.0 Å². The molecule has 0 aliphatic heterocycles. The summed E-state index contributed by atoms with van der Waals surface area (Å²) < 4.78 is 33.1. The van der Waals surface area contributed by atoms with Crippen LogP contribution in [0.4, 0.5) is 13.6 Å². The lowest BCUT2D eigenvalue weighted by Crippen LogP contribution is -2.35. The number of amides is 1. The molecule has 0 radical (unpaired) electrons. The van der Waals surface area contributed by atoms with Crippen LogP contribution < -0.4 is 5.32 Å². The molecule has 1 aliphatic rings. The van der Waals surface area contributed by atoms with Gasteiger partial charge in [0.15, 0.2) is 5.67 Å². The molecule has 1 aromatic rings. The summed E-state index contributed by atoms with van der Waals surface area (Å²) in [6.45, 7) is 5.20. The van der Waals surface area contributed by atoms with Crippen LogP contribution in [0.2, 0.25) is 0 Å². The van der Waals surface area contributed by atoms with Crippen LogP contribution in [-0.4, -0.2) is 17.7 Å². The van der Waals surface area contributed by atoms with Gasteiger partial charge in [-0.2, -0.15) is 0 Å². The molecule has 0 heterocycles. The van der Waals surface area contributed by atoms with E-state index in [1.807, 2.05) is 0 Å². The molecule has 2 rings (SSSR count). The summed E-state index contributed by atoms with van der Waals surface area (Å²) >= 11 is 3.14. The van der Waals surface area contributed by atoms with Crippen LogP contribution in [0.5, 0.6) is 0 Å². The van der Waals surface area contributed by atoms with Gasteiger partial charge in [-0.25, -0.2) is 13.6 Å². The lowest BCUT2D eigenvalue weighted by Gasteiger charge is -2.20. The molecule has 1 saturated carbocycles. The first-order valence-electron chi connectivity index (χ1n) is 6.26. The van der Waals surface area contributed by atoms with Gasteiger partial charge >= 0.3 is 6.09 Å². The Labute approximate surface area is 124 Å². The van der Waals surface area contributed by atoms with E-state index in [2.05, 4.69) is 21.2 Å². The molecule has 1 fully saturated rings.